The topological polar surface area (TPSA) is 96.0 Å². The van der Waals surface area contributed by atoms with Crippen molar-refractivity contribution in [1.29, 1.82) is 0 Å². The molecule has 45 heavy (non-hydrogen) atoms. The molecule has 1 heterocycles. The van der Waals surface area contributed by atoms with Crippen LogP contribution in [0.2, 0.25) is 0 Å². The Hall–Kier alpha value is -4.51. The van der Waals surface area contributed by atoms with E-state index in [1.807, 2.05) is 59.3 Å². The average Bonchev–Trinajstić information content (AvgIpc) is 3.40. The summed E-state index contributed by atoms with van der Waals surface area (Å²) in [4.78, 5) is 25.9. The number of esters is 1. The van der Waals surface area contributed by atoms with E-state index >= 15 is 0 Å². The molecule has 0 aliphatic heterocycles. The number of benzene rings is 3. The molecule has 0 aliphatic rings. The second-order valence-corrected chi connectivity index (χ2v) is 10.9. The number of aryl methyl sites for hydroxylation is 1. The largest absolute Gasteiger partial charge is 0.488 e. The van der Waals surface area contributed by atoms with E-state index in [9.17, 15) is 22.8 Å². The van der Waals surface area contributed by atoms with Gasteiger partial charge in [0.1, 0.15) is 6.61 Å². The Morgan fingerprint density at radius 1 is 0.933 bits per heavy atom. The number of halogens is 3. The maximum atomic E-state index is 12.7. The standard InChI is InChI=1S/C34H38F3N3O5/c1-24(19-27-20-28-13-15-39(14-8-17-43-25(2)41)32(28)29(21-27)33(38)42)40(22-26-9-4-3-5-10-26)16-18-44-30-11-6-7-12-31(30)45-23-34(35,36)37/h3-7,9-13,15,20-21,24H,8,14,16-19,22-23H2,1-2H3,(H2,38,42)/t24-/m1/s1. The van der Waals surface area contributed by atoms with Crippen molar-refractivity contribution < 1.29 is 37.0 Å². The third kappa shape index (κ3) is 10.0. The van der Waals surface area contributed by atoms with Gasteiger partial charge >= 0.3 is 12.1 Å². The number of nitrogens with two attached hydrogens (primary N) is 1. The zero-order chi connectivity index (χ0) is 32.4. The van der Waals surface area contributed by atoms with E-state index in [4.69, 9.17) is 19.9 Å². The number of aromatic nitrogens is 1. The molecule has 0 radical (unpaired) electrons. The highest BCUT2D eigenvalue weighted by molar-refractivity contribution is 6.05. The van der Waals surface area contributed by atoms with Crippen LogP contribution in [0.5, 0.6) is 11.5 Å². The Labute approximate surface area is 260 Å². The number of fused-ring (bicyclic) bond motifs is 1. The number of carbonyl (C=O) groups is 2. The van der Waals surface area contributed by atoms with Gasteiger partial charge in [-0.05, 0) is 61.2 Å². The molecular weight excluding hydrogens is 587 g/mol. The van der Waals surface area contributed by atoms with Gasteiger partial charge in [0.15, 0.2) is 18.1 Å². The molecule has 0 aliphatic carbocycles. The molecule has 1 aromatic heterocycles. The summed E-state index contributed by atoms with van der Waals surface area (Å²) in [6, 6.07) is 22.1. The monoisotopic (exact) mass is 625 g/mol. The average molecular weight is 626 g/mol. The van der Waals surface area contributed by atoms with Crippen molar-refractivity contribution in [3.63, 3.8) is 0 Å². The Bertz CT molecular complexity index is 1570. The number of hydrogen-bond acceptors (Lipinski definition) is 6. The Morgan fingerprint density at radius 3 is 2.29 bits per heavy atom. The quantitative estimate of drug-likeness (QED) is 0.119. The van der Waals surface area contributed by atoms with Crippen LogP contribution in [0, 0.1) is 0 Å². The first-order chi connectivity index (χ1) is 21.5. The summed E-state index contributed by atoms with van der Waals surface area (Å²) in [6.07, 6.45) is -1.37. The lowest BCUT2D eigenvalue weighted by Gasteiger charge is -2.29. The predicted molar refractivity (Wildman–Crippen MR) is 165 cm³/mol. The lowest BCUT2D eigenvalue weighted by molar-refractivity contribution is -0.153. The number of carbonyl (C=O) groups excluding carboxylic acids is 2. The fourth-order valence-corrected chi connectivity index (χ4v) is 5.22. The number of amides is 1. The van der Waals surface area contributed by atoms with Gasteiger partial charge in [0, 0.05) is 44.2 Å². The van der Waals surface area contributed by atoms with Crippen molar-refractivity contribution in [3.8, 4) is 11.5 Å². The van der Waals surface area contributed by atoms with E-state index < -0.39 is 18.7 Å². The highest BCUT2D eigenvalue weighted by Crippen LogP contribution is 2.29. The van der Waals surface area contributed by atoms with Crippen LogP contribution in [0.15, 0.2) is 79.0 Å². The van der Waals surface area contributed by atoms with Gasteiger partial charge in [-0.3, -0.25) is 14.5 Å². The minimum absolute atomic E-state index is 0.00507. The molecule has 8 nitrogen and oxygen atoms in total. The first-order valence-electron chi connectivity index (χ1n) is 14.7. The highest BCUT2D eigenvalue weighted by atomic mass is 19.4. The van der Waals surface area contributed by atoms with Crippen LogP contribution < -0.4 is 15.2 Å². The van der Waals surface area contributed by atoms with E-state index in [0.29, 0.717) is 38.0 Å². The third-order valence-electron chi connectivity index (χ3n) is 7.29. The number of nitrogens with zero attached hydrogens (tertiary/aromatic N) is 2. The molecule has 0 unspecified atom stereocenters. The first-order valence-corrected chi connectivity index (χ1v) is 14.7. The van der Waals surface area contributed by atoms with Crippen molar-refractivity contribution in [2.24, 2.45) is 5.73 Å². The molecule has 0 fully saturated rings. The van der Waals surface area contributed by atoms with Crippen molar-refractivity contribution in [2.45, 2.75) is 52.0 Å². The van der Waals surface area contributed by atoms with Gasteiger partial charge in [-0.1, -0.05) is 42.5 Å². The Kier molecular flexibility index (Phi) is 11.5. The normalized spacial score (nSPS) is 12.3. The van der Waals surface area contributed by atoms with E-state index in [1.165, 1.54) is 13.0 Å². The van der Waals surface area contributed by atoms with Gasteiger partial charge in [0.25, 0.3) is 5.91 Å². The van der Waals surface area contributed by atoms with Crippen LogP contribution in [0.25, 0.3) is 10.9 Å². The minimum Gasteiger partial charge on any atom is -0.488 e. The smallest absolute Gasteiger partial charge is 0.422 e. The van der Waals surface area contributed by atoms with Crippen LogP contribution in [0.4, 0.5) is 13.2 Å². The number of alkyl halides is 3. The molecule has 4 rings (SSSR count). The lowest BCUT2D eigenvalue weighted by Crippen LogP contribution is -2.37. The van der Waals surface area contributed by atoms with Gasteiger partial charge < -0.3 is 24.5 Å². The zero-order valence-corrected chi connectivity index (χ0v) is 25.4. The summed E-state index contributed by atoms with van der Waals surface area (Å²) in [6.45, 7) is 4.19. The van der Waals surface area contributed by atoms with E-state index in [2.05, 4.69) is 11.8 Å². The molecule has 3 aromatic carbocycles. The molecule has 1 amide bonds. The maximum Gasteiger partial charge on any atom is 0.422 e. The Morgan fingerprint density at radius 2 is 1.62 bits per heavy atom. The number of hydrogen-bond donors (Lipinski definition) is 1. The van der Waals surface area contributed by atoms with Gasteiger partial charge in [0.05, 0.1) is 17.7 Å². The van der Waals surface area contributed by atoms with E-state index in [-0.39, 0.29) is 36.7 Å². The summed E-state index contributed by atoms with van der Waals surface area (Å²) >= 11 is 0. The second kappa shape index (κ2) is 15.5. The summed E-state index contributed by atoms with van der Waals surface area (Å²) in [5.41, 5.74) is 9.01. The zero-order valence-electron chi connectivity index (χ0n) is 25.4. The molecule has 240 valence electrons. The van der Waals surface area contributed by atoms with Gasteiger partial charge in [-0.15, -0.1) is 0 Å². The number of ether oxygens (including phenoxy) is 3. The van der Waals surface area contributed by atoms with Gasteiger partial charge in [-0.2, -0.15) is 13.2 Å². The van der Waals surface area contributed by atoms with Gasteiger partial charge in [0.2, 0.25) is 0 Å². The number of rotatable bonds is 16. The van der Waals surface area contributed by atoms with Crippen molar-refractivity contribution >= 4 is 22.8 Å². The minimum atomic E-state index is -4.46. The van der Waals surface area contributed by atoms with Crippen molar-refractivity contribution in [2.75, 3.05) is 26.4 Å². The fourth-order valence-electron chi connectivity index (χ4n) is 5.22. The highest BCUT2D eigenvalue weighted by Gasteiger charge is 2.29. The maximum absolute atomic E-state index is 12.7. The summed E-state index contributed by atoms with van der Waals surface area (Å²) < 4.78 is 56.1. The van der Waals surface area contributed by atoms with Crippen molar-refractivity contribution in [1.82, 2.24) is 9.47 Å². The molecule has 4 aromatic rings. The van der Waals surface area contributed by atoms with Crippen LogP contribution in [-0.4, -0.2) is 59.9 Å². The molecule has 11 heteroatoms. The molecule has 0 bridgehead atoms. The van der Waals surface area contributed by atoms with Crippen LogP contribution >= 0.6 is 0 Å². The number of para-hydroxylation sites is 2. The lowest BCUT2D eigenvalue weighted by atomic mass is 10.00. The fraction of sp³-hybridized carbons (Fsp3) is 0.353. The van der Waals surface area contributed by atoms with Crippen LogP contribution in [0.1, 0.15) is 41.8 Å². The molecule has 1 atom stereocenters. The van der Waals surface area contributed by atoms with E-state index in [0.717, 1.165) is 22.0 Å². The molecule has 0 spiro atoms. The summed E-state index contributed by atoms with van der Waals surface area (Å²) in [5.74, 6) is -0.599. The summed E-state index contributed by atoms with van der Waals surface area (Å²) in [7, 11) is 0. The Balaban J connectivity index is 1.49. The first kappa shape index (κ1) is 33.4. The molecular formula is C34H38F3N3O5. The predicted octanol–water partition coefficient (Wildman–Crippen LogP) is 6.15. The SMILES string of the molecule is CC(=O)OCCCn1ccc2cc(C[C@@H](C)N(CCOc3ccccc3OCC(F)(F)F)Cc3ccccc3)cc(C(N)=O)c21. The second-order valence-electron chi connectivity index (χ2n) is 10.9. The summed E-state index contributed by atoms with van der Waals surface area (Å²) in [5, 5.41) is 0.884. The van der Waals surface area contributed by atoms with Crippen LogP contribution in [0.3, 0.4) is 0 Å². The molecule has 2 N–H and O–H groups in total. The van der Waals surface area contributed by atoms with Crippen LogP contribution in [-0.2, 0) is 29.0 Å². The van der Waals surface area contributed by atoms with Gasteiger partial charge in [-0.25, -0.2) is 0 Å². The number of primary amides is 1. The third-order valence-corrected chi connectivity index (χ3v) is 7.29. The molecule has 0 saturated carbocycles. The van der Waals surface area contributed by atoms with Crippen molar-refractivity contribution in [3.05, 3.63) is 95.7 Å². The molecule has 0 saturated heterocycles. The van der Waals surface area contributed by atoms with E-state index in [1.54, 1.807) is 18.2 Å².